The lowest BCUT2D eigenvalue weighted by Gasteiger charge is -2.07. The molecule has 3 nitrogen and oxygen atoms in total. The molecule has 0 saturated carbocycles. The number of carbonyl (C=O) groups is 1. The molecule has 104 valence electrons. The van der Waals surface area contributed by atoms with E-state index in [4.69, 9.17) is 4.74 Å². The minimum absolute atomic E-state index is 0.0569. The summed E-state index contributed by atoms with van der Waals surface area (Å²) in [7, 11) is 1.67. The highest BCUT2D eigenvalue weighted by Gasteiger charge is 2.05. The second-order valence-corrected chi connectivity index (χ2v) is 5.69. The summed E-state index contributed by atoms with van der Waals surface area (Å²) in [6, 6.07) is 15.5. The summed E-state index contributed by atoms with van der Waals surface area (Å²) in [6.45, 7) is 1.10. The summed E-state index contributed by atoms with van der Waals surface area (Å²) in [5.74, 6) is -0.0569. The molecule has 0 atom stereocenters. The molecule has 0 aliphatic rings. The van der Waals surface area contributed by atoms with Crippen molar-refractivity contribution >= 4 is 28.5 Å². The van der Waals surface area contributed by atoms with Crippen molar-refractivity contribution in [1.82, 2.24) is 5.32 Å². The molecule has 0 heterocycles. The zero-order chi connectivity index (χ0) is 14.4. The van der Waals surface area contributed by atoms with Crippen LogP contribution in [0.4, 0.5) is 0 Å². The number of hydrogen-bond acceptors (Lipinski definition) is 2. The van der Waals surface area contributed by atoms with E-state index in [9.17, 15) is 4.79 Å². The van der Waals surface area contributed by atoms with Crippen LogP contribution < -0.4 is 5.32 Å². The second-order valence-electron chi connectivity index (χ2n) is 4.44. The van der Waals surface area contributed by atoms with Crippen LogP contribution >= 0.6 is 22.6 Å². The minimum Gasteiger partial charge on any atom is -0.380 e. The first-order chi connectivity index (χ1) is 9.69. The van der Waals surface area contributed by atoms with Gasteiger partial charge in [-0.1, -0.05) is 24.3 Å². The van der Waals surface area contributed by atoms with Crippen molar-refractivity contribution in [2.45, 2.75) is 13.2 Å². The Kier molecular flexibility index (Phi) is 5.55. The Hall–Kier alpha value is -1.40. The Bertz CT molecular complexity index is 581. The second kappa shape index (κ2) is 7.40. The van der Waals surface area contributed by atoms with Gasteiger partial charge in [0.1, 0.15) is 0 Å². The first-order valence-corrected chi connectivity index (χ1v) is 7.37. The molecule has 1 amide bonds. The Morgan fingerprint density at radius 3 is 2.55 bits per heavy atom. The van der Waals surface area contributed by atoms with Gasteiger partial charge < -0.3 is 10.1 Å². The maximum Gasteiger partial charge on any atom is 0.251 e. The van der Waals surface area contributed by atoms with Gasteiger partial charge in [0.05, 0.1) is 6.61 Å². The lowest BCUT2D eigenvalue weighted by atomic mass is 10.1. The fourth-order valence-electron chi connectivity index (χ4n) is 1.88. The number of hydrogen-bond donors (Lipinski definition) is 1. The van der Waals surface area contributed by atoms with Crippen LogP contribution in [0.1, 0.15) is 21.5 Å². The molecule has 0 aromatic heterocycles. The van der Waals surface area contributed by atoms with E-state index in [0.717, 1.165) is 14.7 Å². The molecular formula is C16H16INO2. The molecule has 4 heteroatoms. The monoisotopic (exact) mass is 381 g/mol. The standard InChI is InChI=1S/C16H16INO2/c1-20-11-13-4-2-3-12(9-13)10-18-16(19)14-5-7-15(17)8-6-14/h2-9H,10-11H2,1H3,(H,18,19). The van der Waals surface area contributed by atoms with E-state index < -0.39 is 0 Å². The van der Waals surface area contributed by atoms with Crippen molar-refractivity contribution in [3.05, 3.63) is 68.8 Å². The van der Waals surface area contributed by atoms with E-state index in [-0.39, 0.29) is 5.91 Å². The van der Waals surface area contributed by atoms with E-state index in [0.29, 0.717) is 18.7 Å². The van der Waals surface area contributed by atoms with Gasteiger partial charge in [0, 0.05) is 22.8 Å². The number of amides is 1. The van der Waals surface area contributed by atoms with E-state index in [1.54, 1.807) is 7.11 Å². The van der Waals surface area contributed by atoms with Crippen molar-refractivity contribution in [2.75, 3.05) is 7.11 Å². The topological polar surface area (TPSA) is 38.3 Å². The summed E-state index contributed by atoms with van der Waals surface area (Å²) in [5.41, 5.74) is 2.85. The van der Waals surface area contributed by atoms with Gasteiger partial charge in [0.2, 0.25) is 0 Å². The molecule has 0 unspecified atom stereocenters. The number of ether oxygens (including phenoxy) is 1. The van der Waals surface area contributed by atoms with Gasteiger partial charge >= 0.3 is 0 Å². The molecule has 1 N–H and O–H groups in total. The van der Waals surface area contributed by atoms with Gasteiger partial charge in [-0.25, -0.2) is 0 Å². The molecule has 0 radical (unpaired) electrons. The molecule has 2 rings (SSSR count). The number of nitrogens with one attached hydrogen (secondary N) is 1. The number of rotatable bonds is 5. The summed E-state index contributed by atoms with van der Waals surface area (Å²) in [6.07, 6.45) is 0. The summed E-state index contributed by atoms with van der Waals surface area (Å²) < 4.78 is 6.22. The van der Waals surface area contributed by atoms with Crippen LogP contribution in [-0.4, -0.2) is 13.0 Å². The normalized spacial score (nSPS) is 10.3. The van der Waals surface area contributed by atoms with Gasteiger partial charge in [-0.3, -0.25) is 4.79 Å². The highest BCUT2D eigenvalue weighted by molar-refractivity contribution is 14.1. The van der Waals surface area contributed by atoms with Gasteiger partial charge in [-0.15, -0.1) is 0 Å². The number of halogens is 1. The fraction of sp³-hybridized carbons (Fsp3) is 0.188. The maximum absolute atomic E-state index is 12.0. The van der Waals surface area contributed by atoms with Crippen LogP contribution in [-0.2, 0) is 17.9 Å². The maximum atomic E-state index is 12.0. The Labute approximate surface area is 132 Å². The lowest BCUT2D eigenvalue weighted by Crippen LogP contribution is -2.22. The van der Waals surface area contributed by atoms with Crippen molar-refractivity contribution < 1.29 is 9.53 Å². The van der Waals surface area contributed by atoms with E-state index in [1.165, 1.54) is 0 Å². The molecule has 20 heavy (non-hydrogen) atoms. The number of carbonyl (C=O) groups excluding carboxylic acids is 1. The minimum atomic E-state index is -0.0569. The Morgan fingerprint density at radius 1 is 1.15 bits per heavy atom. The molecule has 0 saturated heterocycles. The molecule has 2 aromatic rings. The quantitative estimate of drug-likeness (QED) is 0.807. The fourth-order valence-corrected chi connectivity index (χ4v) is 2.24. The zero-order valence-corrected chi connectivity index (χ0v) is 13.4. The summed E-state index contributed by atoms with van der Waals surface area (Å²) >= 11 is 2.22. The zero-order valence-electron chi connectivity index (χ0n) is 11.2. The van der Waals surface area contributed by atoms with Crippen LogP contribution in [0.2, 0.25) is 0 Å². The average Bonchev–Trinajstić information content (AvgIpc) is 2.46. The molecule has 2 aromatic carbocycles. The molecular weight excluding hydrogens is 365 g/mol. The predicted molar refractivity (Wildman–Crippen MR) is 87.5 cm³/mol. The third kappa shape index (κ3) is 4.31. The first-order valence-electron chi connectivity index (χ1n) is 6.29. The van der Waals surface area contributed by atoms with Crippen LogP contribution in [0, 0.1) is 3.57 Å². The lowest BCUT2D eigenvalue weighted by molar-refractivity contribution is 0.0951. The molecule has 0 spiro atoms. The number of methoxy groups -OCH3 is 1. The Morgan fingerprint density at radius 2 is 1.85 bits per heavy atom. The van der Waals surface area contributed by atoms with Gasteiger partial charge in [-0.2, -0.15) is 0 Å². The van der Waals surface area contributed by atoms with Crippen LogP contribution in [0.15, 0.2) is 48.5 Å². The Balaban J connectivity index is 1.96. The third-order valence-electron chi connectivity index (χ3n) is 2.86. The van der Waals surface area contributed by atoms with Crippen molar-refractivity contribution in [3.8, 4) is 0 Å². The van der Waals surface area contributed by atoms with Gasteiger partial charge in [-0.05, 0) is 58.0 Å². The largest absolute Gasteiger partial charge is 0.380 e. The highest BCUT2D eigenvalue weighted by atomic mass is 127. The predicted octanol–water partition coefficient (Wildman–Crippen LogP) is 3.37. The van der Waals surface area contributed by atoms with E-state index in [2.05, 4.69) is 27.9 Å². The molecule has 0 aliphatic carbocycles. The SMILES string of the molecule is COCc1cccc(CNC(=O)c2ccc(I)cc2)c1. The molecule has 0 fully saturated rings. The summed E-state index contributed by atoms with van der Waals surface area (Å²) in [4.78, 5) is 12.0. The van der Waals surface area contributed by atoms with Gasteiger partial charge in [0.25, 0.3) is 5.91 Å². The van der Waals surface area contributed by atoms with Crippen LogP contribution in [0.3, 0.4) is 0 Å². The summed E-state index contributed by atoms with van der Waals surface area (Å²) in [5, 5.41) is 2.92. The third-order valence-corrected chi connectivity index (χ3v) is 3.58. The van der Waals surface area contributed by atoms with E-state index in [1.807, 2.05) is 48.5 Å². The van der Waals surface area contributed by atoms with Crippen molar-refractivity contribution in [1.29, 1.82) is 0 Å². The van der Waals surface area contributed by atoms with Gasteiger partial charge in [0.15, 0.2) is 0 Å². The van der Waals surface area contributed by atoms with Crippen molar-refractivity contribution in [3.63, 3.8) is 0 Å². The first kappa shape index (κ1) is 15.0. The smallest absolute Gasteiger partial charge is 0.251 e. The highest BCUT2D eigenvalue weighted by Crippen LogP contribution is 2.08. The van der Waals surface area contributed by atoms with Crippen molar-refractivity contribution in [2.24, 2.45) is 0 Å². The van der Waals surface area contributed by atoms with E-state index >= 15 is 0 Å². The van der Waals surface area contributed by atoms with Crippen LogP contribution in [0.5, 0.6) is 0 Å². The number of benzene rings is 2. The average molecular weight is 381 g/mol. The molecule has 0 bridgehead atoms. The van der Waals surface area contributed by atoms with Crippen LogP contribution in [0.25, 0.3) is 0 Å². The molecule has 0 aliphatic heterocycles.